The van der Waals surface area contributed by atoms with Crippen molar-refractivity contribution in [2.24, 2.45) is 17.6 Å². The van der Waals surface area contributed by atoms with Gasteiger partial charge in [-0.2, -0.15) is 0 Å². The van der Waals surface area contributed by atoms with E-state index in [-0.39, 0.29) is 40.5 Å². The highest BCUT2D eigenvalue weighted by Crippen LogP contribution is 2.38. The summed E-state index contributed by atoms with van der Waals surface area (Å²) in [6, 6.07) is 1.11. The Morgan fingerprint density at radius 1 is 1.18 bits per heavy atom. The topological polar surface area (TPSA) is 178 Å². The molecule has 2 amide bonds. The summed E-state index contributed by atoms with van der Waals surface area (Å²) in [7, 11) is 2.89. The van der Waals surface area contributed by atoms with Crippen LogP contribution in [-0.2, 0) is 25.4 Å². The molecular formula is C29H40N2O9. The fourth-order valence-corrected chi connectivity index (χ4v) is 4.76. The second-order valence-corrected chi connectivity index (χ2v) is 10.1. The number of anilines is 1. The molecular weight excluding hydrogens is 520 g/mol. The number of nitrogens with one attached hydrogen (secondary N) is 1. The Bertz CT molecular complexity index is 1170. The number of nitrogens with two attached hydrogens (primary N) is 1. The number of carbonyl (C=O) groups is 3. The van der Waals surface area contributed by atoms with Crippen LogP contribution in [0.3, 0.4) is 0 Å². The third-order valence-corrected chi connectivity index (χ3v) is 6.99. The molecule has 6 N–H and O–H groups in total. The first-order valence-corrected chi connectivity index (χ1v) is 12.9. The molecule has 1 aromatic rings. The number of primary amides is 1. The molecule has 0 aromatic heterocycles. The SMILES string of the molecule is COC1C=CC=C(C)C(=O)Nc2cc(O)c(C=O)c(c2O)CC(C)CC(OC)C(O)C(C)C=C(C)C1OC(N)=O. The Balaban J connectivity index is 2.66. The molecule has 0 aliphatic carbocycles. The van der Waals surface area contributed by atoms with Crippen LogP contribution in [-0.4, -0.2) is 72.2 Å². The number of fused-ring (bicyclic) bond motifs is 2. The number of rotatable bonds is 4. The van der Waals surface area contributed by atoms with Crippen LogP contribution < -0.4 is 11.1 Å². The summed E-state index contributed by atoms with van der Waals surface area (Å²) >= 11 is 0. The lowest BCUT2D eigenvalue weighted by Gasteiger charge is -2.29. The zero-order chi connectivity index (χ0) is 30.1. The normalized spacial score (nSPS) is 26.8. The molecule has 220 valence electrons. The van der Waals surface area contributed by atoms with E-state index in [2.05, 4.69) is 5.32 Å². The number of methoxy groups -OCH3 is 2. The molecule has 1 heterocycles. The Morgan fingerprint density at radius 2 is 1.85 bits per heavy atom. The van der Waals surface area contributed by atoms with Crippen molar-refractivity contribution in [2.75, 3.05) is 19.5 Å². The minimum absolute atomic E-state index is 0.0635. The first-order chi connectivity index (χ1) is 18.8. The van der Waals surface area contributed by atoms with Gasteiger partial charge in [0.05, 0.1) is 23.5 Å². The van der Waals surface area contributed by atoms with Gasteiger partial charge < -0.3 is 40.6 Å². The Morgan fingerprint density at radius 3 is 2.42 bits per heavy atom. The number of amides is 2. The number of aldehydes is 1. The van der Waals surface area contributed by atoms with E-state index in [0.29, 0.717) is 18.3 Å². The van der Waals surface area contributed by atoms with Gasteiger partial charge >= 0.3 is 6.09 Å². The van der Waals surface area contributed by atoms with Crippen molar-refractivity contribution in [1.82, 2.24) is 0 Å². The number of carbonyl (C=O) groups excluding carboxylic acids is 3. The van der Waals surface area contributed by atoms with Gasteiger partial charge in [-0.1, -0.05) is 38.2 Å². The molecule has 0 radical (unpaired) electrons. The standard InChI is InChI=1S/C29H40N2O9/c1-15-10-19-20(14-32)22(33)13-21(26(19)35)31-28(36)16(2)8-7-9-23(38-5)27(40-29(30)37)18(4)12-17(3)25(34)24(11-15)39-6/h7-9,12-15,17,23-25,27,33-35H,10-11H2,1-6H3,(H2,30,37)(H,31,36). The number of benzene rings is 1. The van der Waals surface area contributed by atoms with Crippen LogP contribution in [0.15, 0.2) is 41.5 Å². The van der Waals surface area contributed by atoms with Crippen molar-refractivity contribution in [3.63, 3.8) is 0 Å². The fraction of sp³-hybridized carbons (Fsp3) is 0.483. The van der Waals surface area contributed by atoms with E-state index in [1.807, 2.05) is 6.92 Å². The van der Waals surface area contributed by atoms with Crippen molar-refractivity contribution < 1.29 is 43.9 Å². The van der Waals surface area contributed by atoms with E-state index < -0.39 is 48.1 Å². The first-order valence-electron chi connectivity index (χ1n) is 12.9. The predicted octanol–water partition coefficient (Wildman–Crippen LogP) is 3.37. The number of phenolic OH excluding ortho intramolecular Hbond substituents is 2. The maximum absolute atomic E-state index is 12.9. The number of phenols is 2. The molecule has 0 saturated heterocycles. The van der Waals surface area contributed by atoms with Gasteiger partial charge in [0.25, 0.3) is 5.91 Å². The summed E-state index contributed by atoms with van der Waals surface area (Å²) in [6.07, 6.45) is 2.97. The number of aliphatic hydroxyl groups excluding tert-OH is 1. The lowest BCUT2D eigenvalue weighted by atomic mass is 9.87. The van der Waals surface area contributed by atoms with E-state index >= 15 is 0 Å². The summed E-state index contributed by atoms with van der Waals surface area (Å²) in [4.78, 5) is 36.3. The molecule has 11 heteroatoms. The highest BCUT2D eigenvalue weighted by Gasteiger charge is 2.30. The van der Waals surface area contributed by atoms with Gasteiger partial charge in [0, 0.05) is 37.3 Å². The number of hydrogen-bond donors (Lipinski definition) is 5. The summed E-state index contributed by atoms with van der Waals surface area (Å²) in [6.45, 7) is 6.90. The lowest BCUT2D eigenvalue weighted by molar-refractivity contribution is -0.112. The van der Waals surface area contributed by atoms with E-state index in [4.69, 9.17) is 19.9 Å². The van der Waals surface area contributed by atoms with Gasteiger partial charge in [-0.3, -0.25) is 9.59 Å². The first kappa shape index (κ1) is 32.5. The van der Waals surface area contributed by atoms with Crippen LogP contribution in [0.4, 0.5) is 10.5 Å². The van der Waals surface area contributed by atoms with Crippen LogP contribution in [0.5, 0.6) is 11.5 Å². The zero-order valence-corrected chi connectivity index (χ0v) is 23.7. The summed E-state index contributed by atoms with van der Waals surface area (Å²) in [5.74, 6) is -1.98. The van der Waals surface area contributed by atoms with Crippen molar-refractivity contribution in [3.8, 4) is 11.5 Å². The molecule has 40 heavy (non-hydrogen) atoms. The zero-order valence-electron chi connectivity index (χ0n) is 23.7. The molecule has 6 atom stereocenters. The van der Waals surface area contributed by atoms with Crippen molar-refractivity contribution >= 4 is 24.0 Å². The number of ether oxygens (including phenoxy) is 3. The number of aromatic hydroxyl groups is 2. The van der Waals surface area contributed by atoms with E-state index in [1.54, 1.807) is 39.0 Å². The molecule has 11 nitrogen and oxygen atoms in total. The molecule has 2 rings (SSSR count). The minimum Gasteiger partial charge on any atom is -0.507 e. The summed E-state index contributed by atoms with van der Waals surface area (Å²) in [5.41, 5.74) is 6.16. The number of allylic oxidation sites excluding steroid dienone is 2. The van der Waals surface area contributed by atoms with Crippen molar-refractivity contribution in [3.05, 3.63) is 52.6 Å². The third kappa shape index (κ3) is 8.17. The monoisotopic (exact) mass is 560 g/mol. The van der Waals surface area contributed by atoms with Crippen molar-refractivity contribution in [2.45, 2.75) is 65.0 Å². The van der Waals surface area contributed by atoms with Gasteiger partial charge in [-0.25, -0.2) is 4.79 Å². The van der Waals surface area contributed by atoms with Gasteiger partial charge in [0.2, 0.25) is 0 Å². The van der Waals surface area contributed by atoms with Gasteiger partial charge in [0.15, 0.2) is 12.4 Å². The summed E-state index contributed by atoms with van der Waals surface area (Å²) < 4.78 is 16.5. The van der Waals surface area contributed by atoms with Gasteiger partial charge in [0.1, 0.15) is 17.6 Å². The average molecular weight is 561 g/mol. The minimum atomic E-state index is -1.01. The lowest BCUT2D eigenvalue weighted by Crippen LogP contribution is -2.37. The molecule has 0 fully saturated rings. The smallest absolute Gasteiger partial charge is 0.405 e. The molecule has 1 aliphatic heterocycles. The Labute approximate surface area is 234 Å². The maximum atomic E-state index is 12.9. The quantitative estimate of drug-likeness (QED) is 0.160. The number of hydrogen-bond acceptors (Lipinski definition) is 9. The summed E-state index contributed by atoms with van der Waals surface area (Å²) in [5, 5.41) is 35.2. The molecule has 0 saturated carbocycles. The second-order valence-electron chi connectivity index (χ2n) is 10.1. The van der Waals surface area contributed by atoms with Crippen LogP contribution in [0.25, 0.3) is 0 Å². The molecule has 1 aliphatic rings. The average Bonchev–Trinajstić information content (AvgIpc) is 2.90. The van der Waals surface area contributed by atoms with Crippen LogP contribution in [0, 0.1) is 11.8 Å². The van der Waals surface area contributed by atoms with Crippen LogP contribution in [0.1, 0.15) is 50.0 Å². The highest BCUT2D eigenvalue weighted by atomic mass is 16.6. The van der Waals surface area contributed by atoms with E-state index in [9.17, 15) is 29.7 Å². The largest absolute Gasteiger partial charge is 0.507 e. The number of aliphatic hydroxyl groups is 1. The second kappa shape index (κ2) is 14.6. The van der Waals surface area contributed by atoms with Crippen molar-refractivity contribution in [1.29, 1.82) is 0 Å². The van der Waals surface area contributed by atoms with Crippen LogP contribution in [0.2, 0.25) is 0 Å². The molecule has 1 aromatic carbocycles. The molecule has 0 spiro atoms. The molecule has 6 unspecified atom stereocenters. The highest BCUT2D eigenvalue weighted by molar-refractivity contribution is 6.05. The fourth-order valence-electron chi connectivity index (χ4n) is 4.76. The third-order valence-electron chi connectivity index (χ3n) is 6.99. The van der Waals surface area contributed by atoms with E-state index in [1.165, 1.54) is 20.3 Å². The Kier molecular flexibility index (Phi) is 11.9. The molecule has 2 bridgehead atoms. The maximum Gasteiger partial charge on any atom is 0.405 e. The van der Waals surface area contributed by atoms with Gasteiger partial charge in [-0.15, -0.1) is 0 Å². The predicted molar refractivity (Wildman–Crippen MR) is 149 cm³/mol. The van der Waals surface area contributed by atoms with Gasteiger partial charge in [-0.05, 0) is 38.2 Å². The van der Waals surface area contributed by atoms with E-state index in [0.717, 1.165) is 6.07 Å². The Hall–Kier alpha value is -3.67. The van der Waals surface area contributed by atoms with Crippen LogP contribution >= 0.6 is 0 Å².